The van der Waals surface area contributed by atoms with E-state index in [0.717, 1.165) is 13.0 Å². The minimum atomic E-state index is -0.249. The van der Waals surface area contributed by atoms with Gasteiger partial charge in [0.25, 0.3) is 0 Å². The summed E-state index contributed by atoms with van der Waals surface area (Å²) in [6, 6.07) is -0.109. The second-order valence-electron chi connectivity index (χ2n) is 5.46. The summed E-state index contributed by atoms with van der Waals surface area (Å²) in [4.78, 5) is 25.2. The zero-order valence-electron chi connectivity index (χ0n) is 11.2. The number of carbonyl (C=O) groups excluding carboxylic acids is 2. The van der Waals surface area contributed by atoms with E-state index in [2.05, 4.69) is 10.6 Å². The number of nitrogens with zero attached hydrogens (tertiary/aromatic N) is 1. The molecule has 0 bridgehead atoms. The predicted octanol–water partition coefficient (Wildman–Crippen LogP) is 0.112. The summed E-state index contributed by atoms with van der Waals surface area (Å²) in [6.07, 6.45) is 0.787. The van der Waals surface area contributed by atoms with E-state index < -0.39 is 0 Å². The molecule has 1 saturated heterocycles. The average Bonchev–Trinajstić information content (AvgIpc) is 2.47. The molecular formula is C12H23N3O2. The molecule has 1 atom stereocenters. The minimum Gasteiger partial charge on any atom is -0.350 e. The van der Waals surface area contributed by atoms with Gasteiger partial charge in [0.15, 0.2) is 0 Å². The number of likely N-dealkylation sites (tertiary alicyclic amines) is 1. The Kier molecular flexibility index (Phi) is 4.51. The van der Waals surface area contributed by atoms with Crippen molar-refractivity contribution >= 4 is 11.8 Å². The van der Waals surface area contributed by atoms with Gasteiger partial charge in [0, 0.05) is 12.1 Å². The molecule has 98 valence electrons. The first-order valence-electron chi connectivity index (χ1n) is 6.16. The van der Waals surface area contributed by atoms with E-state index >= 15 is 0 Å². The third-order valence-corrected chi connectivity index (χ3v) is 2.60. The van der Waals surface area contributed by atoms with Gasteiger partial charge in [-0.25, -0.2) is 0 Å². The van der Waals surface area contributed by atoms with Crippen LogP contribution in [0.5, 0.6) is 0 Å². The van der Waals surface area contributed by atoms with Gasteiger partial charge in [0.2, 0.25) is 11.8 Å². The number of carbonyl (C=O) groups is 2. The van der Waals surface area contributed by atoms with Crippen molar-refractivity contribution in [2.45, 2.75) is 45.7 Å². The van der Waals surface area contributed by atoms with Gasteiger partial charge in [-0.3, -0.25) is 9.59 Å². The Bertz CT molecular complexity index is 297. The lowest BCUT2D eigenvalue weighted by molar-refractivity contribution is -0.134. The van der Waals surface area contributed by atoms with E-state index in [0.29, 0.717) is 6.54 Å². The molecule has 1 heterocycles. The van der Waals surface area contributed by atoms with Crippen molar-refractivity contribution in [3.63, 3.8) is 0 Å². The van der Waals surface area contributed by atoms with E-state index in [1.54, 1.807) is 4.90 Å². The van der Waals surface area contributed by atoms with Crippen molar-refractivity contribution in [1.82, 2.24) is 15.5 Å². The summed E-state index contributed by atoms with van der Waals surface area (Å²) in [5.41, 5.74) is -0.249. The van der Waals surface area contributed by atoms with Crippen LogP contribution in [-0.4, -0.2) is 47.9 Å². The van der Waals surface area contributed by atoms with Gasteiger partial charge in [-0.15, -0.1) is 0 Å². The van der Waals surface area contributed by atoms with Crippen LogP contribution >= 0.6 is 0 Å². The van der Waals surface area contributed by atoms with Crippen LogP contribution in [0.25, 0.3) is 0 Å². The second-order valence-corrected chi connectivity index (χ2v) is 5.46. The number of rotatable bonds is 4. The van der Waals surface area contributed by atoms with E-state index in [4.69, 9.17) is 0 Å². The lowest BCUT2D eigenvalue weighted by Crippen LogP contribution is -2.47. The summed E-state index contributed by atoms with van der Waals surface area (Å²) in [5, 5.41) is 5.98. The van der Waals surface area contributed by atoms with Crippen LogP contribution in [0.3, 0.4) is 0 Å². The molecule has 1 aliphatic heterocycles. The maximum absolute atomic E-state index is 11.9. The van der Waals surface area contributed by atoms with Crippen LogP contribution < -0.4 is 10.6 Å². The number of hydrogen-bond donors (Lipinski definition) is 2. The highest BCUT2D eigenvalue weighted by molar-refractivity contribution is 5.89. The second kappa shape index (κ2) is 5.49. The highest BCUT2D eigenvalue weighted by Gasteiger charge is 2.32. The number of amides is 2. The zero-order valence-corrected chi connectivity index (χ0v) is 11.2. The van der Waals surface area contributed by atoms with Crippen molar-refractivity contribution in [3.8, 4) is 0 Å². The molecule has 2 amide bonds. The number of likely N-dealkylation sites (N-methyl/N-ethyl adjacent to an activating group) is 1. The minimum absolute atomic E-state index is 0.0379. The fourth-order valence-corrected chi connectivity index (χ4v) is 1.96. The summed E-state index contributed by atoms with van der Waals surface area (Å²) in [7, 11) is 0. The molecule has 0 spiro atoms. The van der Waals surface area contributed by atoms with Crippen molar-refractivity contribution in [1.29, 1.82) is 0 Å². The van der Waals surface area contributed by atoms with E-state index in [9.17, 15) is 9.59 Å². The molecule has 1 aliphatic rings. The third kappa shape index (κ3) is 4.34. The molecule has 0 aliphatic carbocycles. The summed E-state index contributed by atoms with van der Waals surface area (Å²) < 4.78 is 0. The zero-order chi connectivity index (χ0) is 13.1. The lowest BCUT2D eigenvalue weighted by atomic mass is 10.1. The maximum atomic E-state index is 11.9. The molecular weight excluding hydrogens is 218 g/mol. The van der Waals surface area contributed by atoms with Crippen molar-refractivity contribution in [3.05, 3.63) is 0 Å². The molecule has 2 N–H and O–H groups in total. The highest BCUT2D eigenvalue weighted by atomic mass is 16.2. The van der Waals surface area contributed by atoms with Gasteiger partial charge < -0.3 is 15.5 Å². The molecule has 0 aromatic carbocycles. The Hall–Kier alpha value is -1.10. The SMILES string of the molecule is CCNC1CCN(CC(=O)NC(C)(C)C)C1=O. The van der Waals surface area contributed by atoms with Crippen LogP contribution in [0.15, 0.2) is 0 Å². The Morgan fingerprint density at radius 3 is 2.65 bits per heavy atom. The standard InChI is InChI=1S/C12H23N3O2/c1-5-13-9-6-7-15(11(9)17)8-10(16)14-12(2,3)4/h9,13H,5-8H2,1-4H3,(H,14,16). The fraction of sp³-hybridized carbons (Fsp3) is 0.833. The number of nitrogens with one attached hydrogen (secondary N) is 2. The molecule has 0 aromatic heterocycles. The average molecular weight is 241 g/mol. The van der Waals surface area contributed by atoms with Crippen LogP contribution in [0.2, 0.25) is 0 Å². The van der Waals surface area contributed by atoms with Crippen LogP contribution in [0.1, 0.15) is 34.1 Å². The molecule has 1 fully saturated rings. The lowest BCUT2D eigenvalue weighted by Gasteiger charge is -2.23. The first-order valence-corrected chi connectivity index (χ1v) is 6.16. The topological polar surface area (TPSA) is 61.4 Å². The maximum Gasteiger partial charge on any atom is 0.240 e. The third-order valence-electron chi connectivity index (χ3n) is 2.60. The summed E-state index contributed by atoms with van der Waals surface area (Å²) in [6.45, 7) is 9.36. The van der Waals surface area contributed by atoms with Crippen molar-refractivity contribution in [2.75, 3.05) is 19.6 Å². The van der Waals surface area contributed by atoms with Gasteiger partial charge in [-0.2, -0.15) is 0 Å². The normalized spacial score (nSPS) is 20.8. The number of hydrogen-bond acceptors (Lipinski definition) is 3. The highest BCUT2D eigenvalue weighted by Crippen LogP contribution is 2.10. The van der Waals surface area contributed by atoms with Crippen molar-refractivity contribution < 1.29 is 9.59 Å². The van der Waals surface area contributed by atoms with Crippen LogP contribution in [0.4, 0.5) is 0 Å². The smallest absolute Gasteiger partial charge is 0.240 e. The molecule has 1 unspecified atom stereocenters. The van der Waals surface area contributed by atoms with Gasteiger partial charge in [-0.05, 0) is 33.7 Å². The molecule has 0 aromatic rings. The molecule has 0 radical (unpaired) electrons. The fourth-order valence-electron chi connectivity index (χ4n) is 1.96. The van der Waals surface area contributed by atoms with Gasteiger partial charge in [-0.1, -0.05) is 6.92 Å². The first kappa shape index (κ1) is 14.0. The van der Waals surface area contributed by atoms with Crippen LogP contribution in [0, 0.1) is 0 Å². The summed E-state index contributed by atoms with van der Waals surface area (Å²) >= 11 is 0. The Morgan fingerprint density at radius 2 is 2.12 bits per heavy atom. The molecule has 1 rings (SSSR count). The molecule has 17 heavy (non-hydrogen) atoms. The molecule has 0 saturated carbocycles. The van der Waals surface area contributed by atoms with Crippen LogP contribution in [-0.2, 0) is 9.59 Å². The Labute approximate surface area is 103 Å². The Morgan fingerprint density at radius 1 is 1.47 bits per heavy atom. The van der Waals surface area contributed by atoms with E-state index in [1.807, 2.05) is 27.7 Å². The molecule has 5 heteroatoms. The van der Waals surface area contributed by atoms with E-state index in [1.165, 1.54) is 0 Å². The first-order chi connectivity index (χ1) is 7.83. The summed E-state index contributed by atoms with van der Waals surface area (Å²) in [5.74, 6) is -0.0566. The molecule has 5 nitrogen and oxygen atoms in total. The van der Waals surface area contributed by atoms with Gasteiger partial charge in [0.1, 0.15) is 0 Å². The van der Waals surface area contributed by atoms with Gasteiger partial charge in [0.05, 0.1) is 12.6 Å². The largest absolute Gasteiger partial charge is 0.350 e. The monoisotopic (exact) mass is 241 g/mol. The van der Waals surface area contributed by atoms with Gasteiger partial charge >= 0.3 is 0 Å². The van der Waals surface area contributed by atoms with E-state index in [-0.39, 0.29) is 29.9 Å². The van der Waals surface area contributed by atoms with Crippen molar-refractivity contribution in [2.24, 2.45) is 0 Å². The predicted molar refractivity (Wildman–Crippen MR) is 66.6 cm³/mol. The quantitative estimate of drug-likeness (QED) is 0.734. The Balaban J connectivity index is 2.43.